The summed E-state index contributed by atoms with van der Waals surface area (Å²) in [6.07, 6.45) is 1.25. The van der Waals surface area contributed by atoms with E-state index in [2.05, 4.69) is 76.7 Å². The fourth-order valence-electron chi connectivity index (χ4n) is 2.18. The highest BCUT2D eigenvalue weighted by atomic mass is 32.2. The van der Waals surface area contributed by atoms with Crippen molar-refractivity contribution < 1.29 is 0 Å². The first kappa shape index (κ1) is 13.6. The highest BCUT2D eigenvalue weighted by molar-refractivity contribution is 7.99. The van der Waals surface area contributed by atoms with Gasteiger partial charge in [-0.15, -0.1) is 0 Å². The van der Waals surface area contributed by atoms with Gasteiger partial charge in [-0.25, -0.2) is 0 Å². The topological polar surface area (TPSA) is 0 Å². The molecule has 0 fully saturated rings. The summed E-state index contributed by atoms with van der Waals surface area (Å²) in [6.45, 7) is 11.7. The molecule has 16 heavy (non-hydrogen) atoms. The predicted octanol–water partition coefficient (Wildman–Crippen LogP) is 5.13. The summed E-state index contributed by atoms with van der Waals surface area (Å²) in [6, 6.07) is 10.7. The van der Waals surface area contributed by atoms with Crippen LogP contribution in [0.25, 0.3) is 0 Å². The van der Waals surface area contributed by atoms with Gasteiger partial charge >= 0.3 is 0 Å². The molecule has 0 aliphatic heterocycles. The Kier molecular flexibility index (Phi) is 4.49. The highest BCUT2D eigenvalue weighted by Crippen LogP contribution is 2.38. The van der Waals surface area contributed by atoms with Crippen LogP contribution in [0, 0.1) is 5.41 Å². The van der Waals surface area contributed by atoms with Gasteiger partial charge in [0.1, 0.15) is 0 Å². The van der Waals surface area contributed by atoms with Crippen LogP contribution in [0.3, 0.4) is 0 Å². The molecule has 0 nitrogen and oxygen atoms in total. The number of benzene rings is 1. The van der Waals surface area contributed by atoms with Crippen LogP contribution in [0.1, 0.15) is 46.6 Å². The molecule has 1 rings (SSSR count). The molecule has 0 saturated heterocycles. The van der Waals surface area contributed by atoms with Gasteiger partial charge in [0.25, 0.3) is 0 Å². The summed E-state index contributed by atoms with van der Waals surface area (Å²) in [4.78, 5) is 0. The number of hydrogen-bond acceptors (Lipinski definition) is 1. The second-order valence-corrected chi connectivity index (χ2v) is 7.95. The standard InChI is InChI=1S/C15H24S/c1-14(2,3)12-15(4,5)16-11-13-9-7-6-8-10-13/h6-10H,11-12H2,1-5H3. The van der Waals surface area contributed by atoms with Gasteiger partial charge in [-0.3, -0.25) is 0 Å². The van der Waals surface area contributed by atoms with Crippen LogP contribution in [0.15, 0.2) is 30.3 Å². The first-order chi connectivity index (χ1) is 7.29. The summed E-state index contributed by atoms with van der Waals surface area (Å²) in [7, 11) is 0. The Balaban J connectivity index is 2.48. The van der Waals surface area contributed by atoms with Gasteiger partial charge in [0.05, 0.1) is 0 Å². The van der Waals surface area contributed by atoms with Crippen molar-refractivity contribution in [3.63, 3.8) is 0 Å². The SMILES string of the molecule is CC(C)(C)CC(C)(C)SCc1ccccc1. The zero-order valence-corrected chi connectivity index (χ0v) is 12.0. The van der Waals surface area contributed by atoms with Crippen LogP contribution in [0.4, 0.5) is 0 Å². The molecule has 1 aromatic rings. The first-order valence-electron chi connectivity index (χ1n) is 5.96. The molecule has 0 bridgehead atoms. The lowest BCUT2D eigenvalue weighted by Gasteiger charge is -2.32. The van der Waals surface area contributed by atoms with E-state index in [1.807, 2.05) is 0 Å². The molecule has 0 aromatic heterocycles. The summed E-state index contributed by atoms with van der Waals surface area (Å²) >= 11 is 2.06. The highest BCUT2D eigenvalue weighted by Gasteiger charge is 2.25. The lowest BCUT2D eigenvalue weighted by Crippen LogP contribution is -2.23. The Morgan fingerprint density at radius 2 is 1.50 bits per heavy atom. The molecule has 0 aliphatic carbocycles. The van der Waals surface area contributed by atoms with Crippen LogP contribution in [0.2, 0.25) is 0 Å². The second kappa shape index (κ2) is 5.27. The normalized spacial score (nSPS) is 12.8. The van der Waals surface area contributed by atoms with Gasteiger partial charge in [0, 0.05) is 10.5 Å². The van der Waals surface area contributed by atoms with E-state index in [-0.39, 0.29) is 0 Å². The Morgan fingerprint density at radius 3 is 2.00 bits per heavy atom. The third-order valence-corrected chi connectivity index (χ3v) is 3.83. The minimum absolute atomic E-state index is 0.355. The van der Waals surface area contributed by atoms with Gasteiger partial charge in [-0.1, -0.05) is 65.0 Å². The molecule has 0 radical (unpaired) electrons. The zero-order valence-electron chi connectivity index (χ0n) is 11.2. The van der Waals surface area contributed by atoms with E-state index in [9.17, 15) is 0 Å². The van der Waals surface area contributed by atoms with Gasteiger partial charge in [0.2, 0.25) is 0 Å². The number of thioether (sulfide) groups is 1. The van der Waals surface area contributed by atoms with Crippen molar-refractivity contribution in [2.45, 2.75) is 51.5 Å². The van der Waals surface area contributed by atoms with E-state index in [4.69, 9.17) is 0 Å². The fraction of sp³-hybridized carbons (Fsp3) is 0.600. The summed E-state index contributed by atoms with van der Waals surface area (Å²) in [5.74, 6) is 1.12. The lowest BCUT2D eigenvalue weighted by atomic mass is 9.86. The Hall–Kier alpha value is -0.430. The predicted molar refractivity (Wildman–Crippen MR) is 75.9 cm³/mol. The largest absolute Gasteiger partial charge is 0.151 e. The van der Waals surface area contributed by atoms with E-state index in [1.165, 1.54) is 12.0 Å². The maximum absolute atomic E-state index is 2.35. The quantitative estimate of drug-likeness (QED) is 0.698. The van der Waals surface area contributed by atoms with Crippen molar-refractivity contribution in [2.75, 3.05) is 0 Å². The molecule has 0 unspecified atom stereocenters. The molecular weight excluding hydrogens is 212 g/mol. The van der Waals surface area contributed by atoms with E-state index < -0.39 is 0 Å². The maximum Gasteiger partial charge on any atom is 0.0189 e. The summed E-state index contributed by atoms with van der Waals surface area (Å²) < 4.78 is 0.355. The summed E-state index contributed by atoms with van der Waals surface area (Å²) in [5.41, 5.74) is 1.84. The minimum Gasteiger partial charge on any atom is -0.151 e. The molecule has 90 valence electrons. The smallest absolute Gasteiger partial charge is 0.0189 e. The van der Waals surface area contributed by atoms with Crippen LogP contribution in [-0.2, 0) is 5.75 Å². The van der Waals surface area contributed by atoms with Gasteiger partial charge in [-0.05, 0) is 17.4 Å². The van der Waals surface area contributed by atoms with Gasteiger partial charge in [-0.2, -0.15) is 11.8 Å². The minimum atomic E-state index is 0.355. The molecule has 0 atom stereocenters. The van der Waals surface area contributed by atoms with Crippen molar-refractivity contribution in [3.8, 4) is 0 Å². The molecule has 0 heterocycles. The zero-order chi connectivity index (χ0) is 12.2. The molecule has 1 aromatic carbocycles. The van der Waals surface area contributed by atoms with E-state index in [1.54, 1.807) is 0 Å². The molecule has 0 amide bonds. The second-order valence-electron chi connectivity index (χ2n) is 6.27. The van der Waals surface area contributed by atoms with Crippen LogP contribution in [-0.4, -0.2) is 4.75 Å². The summed E-state index contributed by atoms with van der Waals surface area (Å²) in [5, 5.41) is 0. The van der Waals surface area contributed by atoms with Crippen molar-refractivity contribution in [1.82, 2.24) is 0 Å². The molecule has 0 saturated carbocycles. The van der Waals surface area contributed by atoms with Crippen LogP contribution in [0.5, 0.6) is 0 Å². The Labute approximate surface area is 105 Å². The van der Waals surface area contributed by atoms with Crippen molar-refractivity contribution in [2.24, 2.45) is 5.41 Å². The number of hydrogen-bond donors (Lipinski definition) is 0. The molecule has 0 N–H and O–H groups in total. The Bertz CT molecular complexity index is 306. The van der Waals surface area contributed by atoms with Gasteiger partial charge < -0.3 is 0 Å². The van der Waals surface area contributed by atoms with E-state index in [0.29, 0.717) is 10.2 Å². The maximum atomic E-state index is 2.35. The average molecular weight is 236 g/mol. The monoisotopic (exact) mass is 236 g/mol. The van der Waals surface area contributed by atoms with Crippen molar-refractivity contribution in [1.29, 1.82) is 0 Å². The third-order valence-electron chi connectivity index (χ3n) is 2.43. The van der Waals surface area contributed by atoms with Crippen LogP contribution < -0.4 is 0 Å². The van der Waals surface area contributed by atoms with E-state index in [0.717, 1.165) is 5.75 Å². The lowest BCUT2D eigenvalue weighted by molar-refractivity contribution is 0.339. The average Bonchev–Trinajstić information content (AvgIpc) is 2.13. The Morgan fingerprint density at radius 1 is 0.938 bits per heavy atom. The molecule has 0 aliphatic rings. The van der Waals surface area contributed by atoms with Crippen LogP contribution >= 0.6 is 11.8 Å². The van der Waals surface area contributed by atoms with E-state index >= 15 is 0 Å². The molecule has 1 heteroatoms. The van der Waals surface area contributed by atoms with Crippen molar-refractivity contribution >= 4 is 11.8 Å². The molecular formula is C15H24S. The fourth-order valence-corrected chi connectivity index (χ4v) is 3.47. The van der Waals surface area contributed by atoms with Crippen molar-refractivity contribution in [3.05, 3.63) is 35.9 Å². The third kappa shape index (κ3) is 5.60. The first-order valence-corrected chi connectivity index (χ1v) is 6.95. The number of rotatable bonds is 4. The van der Waals surface area contributed by atoms with Gasteiger partial charge in [0.15, 0.2) is 0 Å². The molecule has 0 spiro atoms.